The first-order chi connectivity index (χ1) is 14.6. The number of benzene rings is 1. The first kappa shape index (κ1) is 22.8. The maximum atomic E-state index is 13.1. The number of rotatable bonds is 6. The van der Waals surface area contributed by atoms with E-state index in [1.165, 1.54) is 31.5 Å². The molecule has 1 amide bonds. The van der Waals surface area contributed by atoms with Gasteiger partial charge in [-0.15, -0.1) is 0 Å². The van der Waals surface area contributed by atoms with Gasteiger partial charge in [0.2, 0.25) is 16.0 Å². The highest BCUT2D eigenvalue weighted by atomic mass is 32.2. The van der Waals surface area contributed by atoms with Crippen molar-refractivity contribution in [2.24, 2.45) is 0 Å². The summed E-state index contributed by atoms with van der Waals surface area (Å²) >= 11 is 0. The molecule has 1 aliphatic heterocycles. The van der Waals surface area contributed by atoms with Crippen LogP contribution in [0, 0.1) is 13.8 Å². The van der Waals surface area contributed by atoms with E-state index >= 15 is 0 Å². The summed E-state index contributed by atoms with van der Waals surface area (Å²) in [4.78, 5) is 32.7. The van der Waals surface area contributed by atoms with E-state index in [0.29, 0.717) is 0 Å². The molecular weight excluding hydrogens is 424 g/mol. The van der Waals surface area contributed by atoms with E-state index in [9.17, 15) is 23.1 Å². The van der Waals surface area contributed by atoms with Gasteiger partial charge in [0.25, 0.3) is 5.91 Å². The fraction of sp³-hybridized carbons (Fsp3) is 0.400. The molecule has 1 aromatic carbocycles. The average Bonchev–Trinajstić information content (AvgIpc) is 3.13. The van der Waals surface area contributed by atoms with Crippen LogP contribution in [-0.4, -0.2) is 64.5 Å². The third kappa shape index (κ3) is 5.06. The zero-order chi connectivity index (χ0) is 22.8. The highest BCUT2D eigenvalue weighted by Gasteiger charge is 2.45. The summed E-state index contributed by atoms with van der Waals surface area (Å²) in [7, 11) is -4.06. The molecule has 31 heavy (non-hydrogen) atoms. The third-order valence-corrected chi connectivity index (χ3v) is 6.92. The molecule has 0 aliphatic carbocycles. The van der Waals surface area contributed by atoms with E-state index in [1.54, 1.807) is 19.1 Å². The molecule has 1 aliphatic rings. The van der Waals surface area contributed by atoms with Gasteiger partial charge in [-0.25, -0.2) is 18.4 Å². The second-order valence-electron chi connectivity index (χ2n) is 7.37. The van der Waals surface area contributed by atoms with Gasteiger partial charge in [-0.2, -0.15) is 4.31 Å². The maximum Gasteiger partial charge on any atom is 0.325 e. The molecule has 1 saturated heterocycles. The van der Waals surface area contributed by atoms with E-state index in [4.69, 9.17) is 4.74 Å². The van der Waals surface area contributed by atoms with Crippen LogP contribution < -0.4 is 5.32 Å². The molecule has 2 heterocycles. The van der Waals surface area contributed by atoms with Gasteiger partial charge in [0, 0.05) is 25.4 Å². The molecule has 2 N–H and O–H groups in total. The summed E-state index contributed by atoms with van der Waals surface area (Å²) in [5.41, 5.74) is 1.71. The number of ether oxygens (including phenoxy) is 1. The number of amides is 1. The number of nitrogens with one attached hydrogen (secondary N) is 1. The summed E-state index contributed by atoms with van der Waals surface area (Å²) in [6.45, 7) is 4.76. The molecule has 2 aromatic rings. The second kappa shape index (κ2) is 9.08. The molecule has 0 bridgehead atoms. The molecule has 0 radical (unpaired) electrons. The number of nitrogens with zero attached hydrogens (tertiary/aromatic N) is 3. The Balaban J connectivity index is 1.74. The molecule has 3 atom stereocenters. The number of aromatic nitrogens is 2. The van der Waals surface area contributed by atoms with E-state index in [2.05, 4.69) is 15.3 Å². The minimum absolute atomic E-state index is 0.0227. The van der Waals surface area contributed by atoms with E-state index in [0.717, 1.165) is 15.4 Å². The van der Waals surface area contributed by atoms with Crippen LogP contribution in [0.1, 0.15) is 24.5 Å². The van der Waals surface area contributed by atoms with Crippen molar-refractivity contribution in [3.8, 4) is 0 Å². The summed E-state index contributed by atoms with van der Waals surface area (Å²) in [5, 5.41) is 12.5. The number of aliphatic hydroxyl groups is 1. The van der Waals surface area contributed by atoms with Gasteiger partial charge in [-0.05, 0) is 50.1 Å². The normalized spacial score (nSPS) is 20.3. The predicted molar refractivity (Wildman–Crippen MR) is 110 cm³/mol. The molecular formula is C20H24N4O6S. The van der Waals surface area contributed by atoms with Crippen molar-refractivity contribution in [3.05, 3.63) is 47.8 Å². The molecule has 1 fully saturated rings. The van der Waals surface area contributed by atoms with Crippen LogP contribution in [0.2, 0.25) is 0 Å². The molecule has 166 valence electrons. The average molecular weight is 449 g/mol. The first-order valence-corrected chi connectivity index (χ1v) is 11.1. The van der Waals surface area contributed by atoms with Crippen LogP contribution in [0.5, 0.6) is 0 Å². The molecule has 3 rings (SSSR count). The highest BCUT2D eigenvalue weighted by molar-refractivity contribution is 7.89. The van der Waals surface area contributed by atoms with Crippen molar-refractivity contribution in [2.45, 2.75) is 50.3 Å². The number of hydrogen-bond donors (Lipinski definition) is 2. The van der Waals surface area contributed by atoms with Crippen LogP contribution in [-0.2, 0) is 24.3 Å². The zero-order valence-corrected chi connectivity index (χ0v) is 18.2. The highest BCUT2D eigenvalue weighted by Crippen LogP contribution is 2.28. The lowest BCUT2D eigenvalue weighted by atomic mass is 10.1. The minimum atomic E-state index is -4.06. The van der Waals surface area contributed by atoms with Gasteiger partial charge >= 0.3 is 5.97 Å². The zero-order valence-electron chi connectivity index (χ0n) is 17.3. The van der Waals surface area contributed by atoms with Crippen LogP contribution in [0.3, 0.4) is 0 Å². The Morgan fingerprint density at radius 2 is 1.90 bits per heavy atom. The topological polar surface area (TPSA) is 139 Å². The monoisotopic (exact) mass is 448 g/mol. The maximum absolute atomic E-state index is 13.1. The lowest BCUT2D eigenvalue weighted by Gasteiger charge is -2.24. The number of hydrogen-bond acceptors (Lipinski definition) is 8. The van der Waals surface area contributed by atoms with Gasteiger partial charge < -0.3 is 9.84 Å². The molecule has 0 spiro atoms. The van der Waals surface area contributed by atoms with Gasteiger partial charge in [0.15, 0.2) is 6.10 Å². The fourth-order valence-corrected chi connectivity index (χ4v) is 4.87. The molecule has 0 saturated carbocycles. The van der Waals surface area contributed by atoms with Crippen molar-refractivity contribution >= 4 is 27.8 Å². The standard InChI is InChI=1S/C20H24N4O6S/c1-12-5-6-16(9-13(12)2)31(28,29)24-11-15(25)10-17(24)19(27)30-14(3)18(26)23-20-21-7-4-8-22-20/h4-9,14-15,17,25H,10-11H2,1-3H3,(H,21,22,23,26)/t14?,15?,17-/m0/s1. The summed E-state index contributed by atoms with van der Waals surface area (Å²) in [6, 6.07) is 4.99. The van der Waals surface area contributed by atoms with E-state index < -0.39 is 40.1 Å². The van der Waals surface area contributed by atoms with Crippen LogP contribution in [0.4, 0.5) is 5.95 Å². The van der Waals surface area contributed by atoms with Gasteiger partial charge in [0.05, 0.1) is 11.0 Å². The fourth-order valence-electron chi connectivity index (χ4n) is 3.16. The number of anilines is 1. The number of sulfonamides is 1. The van der Waals surface area contributed by atoms with Crippen molar-refractivity contribution in [1.82, 2.24) is 14.3 Å². The first-order valence-electron chi connectivity index (χ1n) is 9.65. The number of carbonyl (C=O) groups excluding carboxylic acids is 2. The Hall–Kier alpha value is -2.89. The number of β-amino-alcohol motifs (C(OH)–C–C–N with tert-alkyl or cyclic N) is 1. The Labute approximate surface area is 180 Å². The van der Waals surface area contributed by atoms with Crippen LogP contribution in [0.25, 0.3) is 0 Å². The van der Waals surface area contributed by atoms with Crippen molar-refractivity contribution in [1.29, 1.82) is 0 Å². The van der Waals surface area contributed by atoms with Crippen LogP contribution >= 0.6 is 0 Å². The largest absolute Gasteiger partial charge is 0.451 e. The lowest BCUT2D eigenvalue weighted by Crippen LogP contribution is -2.43. The van der Waals surface area contributed by atoms with Gasteiger partial charge in [0.1, 0.15) is 6.04 Å². The van der Waals surface area contributed by atoms with Gasteiger partial charge in [-0.1, -0.05) is 6.07 Å². The van der Waals surface area contributed by atoms with Crippen LogP contribution in [0.15, 0.2) is 41.6 Å². The summed E-state index contributed by atoms with van der Waals surface area (Å²) in [5.74, 6) is -1.53. The SMILES string of the molecule is Cc1ccc(S(=O)(=O)N2CC(O)C[C@H]2C(=O)OC(C)C(=O)Nc2ncccn2)cc1C. The minimum Gasteiger partial charge on any atom is -0.451 e. The quantitative estimate of drug-likeness (QED) is 0.619. The number of aryl methyl sites for hydroxylation is 2. The predicted octanol–water partition coefficient (Wildman–Crippen LogP) is 0.788. The third-order valence-electron chi connectivity index (χ3n) is 5.05. The molecule has 11 heteroatoms. The smallest absolute Gasteiger partial charge is 0.325 e. The van der Waals surface area contributed by atoms with Crippen molar-refractivity contribution < 1.29 is 27.9 Å². The Morgan fingerprint density at radius 3 is 2.55 bits per heavy atom. The molecule has 2 unspecified atom stereocenters. The number of carbonyl (C=O) groups is 2. The van der Waals surface area contributed by atoms with Crippen molar-refractivity contribution in [3.63, 3.8) is 0 Å². The summed E-state index contributed by atoms with van der Waals surface area (Å²) in [6.07, 6.45) is 0.503. The van der Waals surface area contributed by atoms with Crippen molar-refractivity contribution in [2.75, 3.05) is 11.9 Å². The summed E-state index contributed by atoms with van der Waals surface area (Å²) < 4.78 is 32.4. The Kier molecular flexibility index (Phi) is 6.68. The lowest BCUT2D eigenvalue weighted by molar-refractivity contribution is -0.156. The second-order valence-corrected chi connectivity index (χ2v) is 9.26. The van der Waals surface area contributed by atoms with Gasteiger partial charge in [-0.3, -0.25) is 14.9 Å². The Bertz CT molecular complexity index is 1080. The van der Waals surface area contributed by atoms with E-state index in [1.807, 2.05) is 6.92 Å². The molecule has 10 nitrogen and oxygen atoms in total. The number of aliphatic hydroxyl groups excluding tert-OH is 1. The molecule has 1 aromatic heterocycles. The number of esters is 1. The van der Waals surface area contributed by atoms with E-state index in [-0.39, 0.29) is 23.8 Å². The Morgan fingerprint density at radius 1 is 1.23 bits per heavy atom.